The molecule has 1 saturated carbocycles. The van der Waals surface area contributed by atoms with Crippen LogP contribution in [0.5, 0.6) is 0 Å². The van der Waals surface area contributed by atoms with Crippen LogP contribution in [0.3, 0.4) is 0 Å². The van der Waals surface area contributed by atoms with Crippen molar-refractivity contribution in [3.8, 4) is 0 Å². The van der Waals surface area contributed by atoms with Gasteiger partial charge in [0.1, 0.15) is 5.82 Å². The molecule has 17 heavy (non-hydrogen) atoms. The molecule has 1 aliphatic carbocycles. The van der Waals surface area contributed by atoms with Gasteiger partial charge >= 0.3 is 0 Å². The molecule has 4 nitrogen and oxygen atoms in total. The van der Waals surface area contributed by atoms with Gasteiger partial charge in [-0.1, -0.05) is 19.8 Å². The molecule has 3 rings (SSSR count). The van der Waals surface area contributed by atoms with Gasteiger partial charge in [0.25, 0.3) is 0 Å². The van der Waals surface area contributed by atoms with Crippen LogP contribution < -0.4 is 5.32 Å². The molecule has 0 aromatic carbocycles. The van der Waals surface area contributed by atoms with Crippen molar-refractivity contribution in [1.82, 2.24) is 20.5 Å². The molecule has 2 fully saturated rings. The van der Waals surface area contributed by atoms with Crippen molar-refractivity contribution < 1.29 is 0 Å². The standard InChI is InChI=1S/C13H22N4/c1-2-5-11-15-12(17-16-11)10-8-14-9-13(10)6-3-4-7-13/h10,14H,2-9H2,1H3,(H,15,16,17). The highest BCUT2D eigenvalue weighted by atomic mass is 15.2. The Morgan fingerprint density at radius 2 is 2.18 bits per heavy atom. The molecule has 1 unspecified atom stereocenters. The quantitative estimate of drug-likeness (QED) is 0.841. The van der Waals surface area contributed by atoms with Crippen LogP contribution in [-0.4, -0.2) is 28.3 Å². The maximum atomic E-state index is 4.69. The first-order chi connectivity index (χ1) is 8.34. The van der Waals surface area contributed by atoms with E-state index in [-0.39, 0.29) is 0 Å². The zero-order chi connectivity index (χ0) is 11.7. The predicted molar refractivity (Wildman–Crippen MR) is 66.9 cm³/mol. The van der Waals surface area contributed by atoms with E-state index in [1.165, 1.54) is 25.7 Å². The topological polar surface area (TPSA) is 53.6 Å². The van der Waals surface area contributed by atoms with Gasteiger partial charge in [-0.25, -0.2) is 4.98 Å². The van der Waals surface area contributed by atoms with Crippen LogP contribution in [0.4, 0.5) is 0 Å². The molecule has 1 aromatic heterocycles. The van der Waals surface area contributed by atoms with Gasteiger partial charge in [-0.2, -0.15) is 5.10 Å². The van der Waals surface area contributed by atoms with Crippen LogP contribution in [0.25, 0.3) is 0 Å². The summed E-state index contributed by atoms with van der Waals surface area (Å²) in [6.07, 6.45) is 7.60. The van der Waals surface area contributed by atoms with E-state index in [1.54, 1.807) is 0 Å². The van der Waals surface area contributed by atoms with Gasteiger partial charge in [0.05, 0.1) is 0 Å². The minimum absolute atomic E-state index is 0.464. The Balaban J connectivity index is 1.82. The average Bonchev–Trinajstić information content (AvgIpc) is 3.03. The molecule has 1 atom stereocenters. The summed E-state index contributed by atoms with van der Waals surface area (Å²) in [4.78, 5) is 4.69. The van der Waals surface area contributed by atoms with Crippen LogP contribution in [0.1, 0.15) is 56.6 Å². The summed E-state index contributed by atoms with van der Waals surface area (Å²) in [7, 11) is 0. The van der Waals surface area contributed by atoms with Gasteiger partial charge in [-0.15, -0.1) is 0 Å². The number of H-pyrrole nitrogens is 1. The number of hydrogen-bond donors (Lipinski definition) is 2. The second-order valence-electron chi connectivity index (χ2n) is 5.64. The fourth-order valence-electron chi connectivity index (χ4n) is 3.59. The summed E-state index contributed by atoms with van der Waals surface area (Å²) in [6.45, 7) is 4.40. The Kier molecular flexibility index (Phi) is 2.90. The molecule has 1 spiro atoms. The molecule has 2 aliphatic rings. The number of rotatable bonds is 3. The zero-order valence-corrected chi connectivity index (χ0v) is 10.6. The highest BCUT2D eigenvalue weighted by molar-refractivity contribution is 5.12. The summed E-state index contributed by atoms with van der Waals surface area (Å²) in [5, 5.41) is 11.1. The third kappa shape index (κ3) is 1.88. The Labute approximate surface area is 103 Å². The first kappa shape index (κ1) is 11.2. The summed E-state index contributed by atoms with van der Waals surface area (Å²) in [6, 6.07) is 0. The summed E-state index contributed by atoms with van der Waals surface area (Å²) in [5.74, 6) is 2.65. The van der Waals surface area contributed by atoms with Crippen molar-refractivity contribution in [2.45, 2.75) is 51.4 Å². The van der Waals surface area contributed by atoms with E-state index in [0.29, 0.717) is 11.3 Å². The largest absolute Gasteiger partial charge is 0.315 e. The van der Waals surface area contributed by atoms with E-state index >= 15 is 0 Å². The highest BCUT2D eigenvalue weighted by Crippen LogP contribution is 2.49. The molecule has 1 aliphatic heterocycles. The van der Waals surface area contributed by atoms with Gasteiger partial charge in [0, 0.05) is 25.4 Å². The lowest BCUT2D eigenvalue weighted by Crippen LogP contribution is -2.25. The molecule has 1 saturated heterocycles. The summed E-state index contributed by atoms with van der Waals surface area (Å²) in [5.41, 5.74) is 0.464. The average molecular weight is 234 g/mol. The lowest BCUT2D eigenvalue weighted by molar-refractivity contribution is 0.287. The van der Waals surface area contributed by atoms with Gasteiger partial charge in [-0.05, 0) is 24.7 Å². The molecule has 0 amide bonds. The lowest BCUT2D eigenvalue weighted by atomic mass is 9.76. The molecule has 0 bridgehead atoms. The predicted octanol–water partition coefficient (Wildman–Crippen LogP) is 2.00. The highest BCUT2D eigenvalue weighted by Gasteiger charge is 2.46. The van der Waals surface area contributed by atoms with Gasteiger partial charge < -0.3 is 5.32 Å². The third-order valence-electron chi connectivity index (χ3n) is 4.51. The van der Waals surface area contributed by atoms with Gasteiger partial charge in [0.15, 0.2) is 5.82 Å². The molecule has 1 aromatic rings. The third-order valence-corrected chi connectivity index (χ3v) is 4.51. The number of aryl methyl sites for hydroxylation is 1. The minimum Gasteiger partial charge on any atom is -0.315 e. The second kappa shape index (κ2) is 4.41. The Morgan fingerprint density at radius 1 is 1.35 bits per heavy atom. The van der Waals surface area contributed by atoms with Crippen LogP contribution in [0.15, 0.2) is 0 Å². The number of aromatic amines is 1. The molecular formula is C13H22N4. The second-order valence-corrected chi connectivity index (χ2v) is 5.64. The minimum atomic E-state index is 0.464. The number of nitrogens with one attached hydrogen (secondary N) is 2. The lowest BCUT2D eigenvalue weighted by Gasteiger charge is -2.27. The van der Waals surface area contributed by atoms with E-state index in [0.717, 1.165) is 37.6 Å². The first-order valence-corrected chi connectivity index (χ1v) is 6.96. The molecule has 94 valence electrons. The molecule has 4 heteroatoms. The van der Waals surface area contributed by atoms with E-state index in [4.69, 9.17) is 4.98 Å². The van der Waals surface area contributed by atoms with Gasteiger partial charge in [-0.3, -0.25) is 5.10 Å². The van der Waals surface area contributed by atoms with Gasteiger partial charge in [0.2, 0.25) is 0 Å². The maximum Gasteiger partial charge on any atom is 0.155 e. The molecule has 0 radical (unpaired) electrons. The summed E-state index contributed by atoms with van der Waals surface area (Å²) < 4.78 is 0. The molecule has 2 N–H and O–H groups in total. The Morgan fingerprint density at radius 3 is 2.94 bits per heavy atom. The molecular weight excluding hydrogens is 212 g/mol. The zero-order valence-electron chi connectivity index (χ0n) is 10.6. The van der Waals surface area contributed by atoms with E-state index in [1.807, 2.05) is 0 Å². The fourth-order valence-corrected chi connectivity index (χ4v) is 3.59. The van der Waals surface area contributed by atoms with Crippen LogP contribution >= 0.6 is 0 Å². The normalized spacial score (nSPS) is 27.0. The molecule has 2 heterocycles. The van der Waals surface area contributed by atoms with Crippen molar-refractivity contribution in [2.24, 2.45) is 5.41 Å². The van der Waals surface area contributed by atoms with Crippen molar-refractivity contribution >= 4 is 0 Å². The number of nitrogens with zero attached hydrogens (tertiary/aromatic N) is 2. The monoisotopic (exact) mass is 234 g/mol. The summed E-state index contributed by atoms with van der Waals surface area (Å²) >= 11 is 0. The Hall–Kier alpha value is -0.900. The van der Waals surface area contributed by atoms with Crippen LogP contribution in [-0.2, 0) is 6.42 Å². The van der Waals surface area contributed by atoms with Crippen molar-refractivity contribution in [2.75, 3.05) is 13.1 Å². The maximum absolute atomic E-state index is 4.69. The van der Waals surface area contributed by atoms with E-state index in [9.17, 15) is 0 Å². The number of hydrogen-bond acceptors (Lipinski definition) is 3. The van der Waals surface area contributed by atoms with Crippen molar-refractivity contribution in [1.29, 1.82) is 0 Å². The fraction of sp³-hybridized carbons (Fsp3) is 0.846. The van der Waals surface area contributed by atoms with Crippen molar-refractivity contribution in [3.63, 3.8) is 0 Å². The number of aromatic nitrogens is 3. The van der Waals surface area contributed by atoms with Crippen LogP contribution in [0.2, 0.25) is 0 Å². The SMILES string of the molecule is CCCc1nc(C2CNCC23CCCC3)n[nH]1. The van der Waals surface area contributed by atoms with E-state index < -0.39 is 0 Å². The van der Waals surface area contributed by atoms with Crippen LogP contribution in [0, 0.1) is 5.41 Å². The smallest absolute Gasteiger partial charge is 0.155 e. The van der Waals surface area contributed by atoms with E-state index in [2.05, 4.69) is 22.4 Å². The Bertz CT molecular complexity index is 373. The first-order valence-electron chi connectivity index (χ1n) is 6.96. The van der Waals surface area contributed by atoms with Crippen molar-refractivity contribution in [3.05, 3.63) is 11.6 Å².